The van der Waals surface area contributed by atoms with E-state index in [1.807, 2.05) is 35.4 Å². The van der Waals surface area contributed by atoms with Gasteiger partial charge in [-0.05, 0) is 43.0 Å². The molecule has 0 bridgehead atoms. The van der Waals surface area contributed by atoms with E-state index in [1.54, 1.807) is 19.5 Å². The molecule has 1 saturated heterocycles. The number of likely N-dealkylation sites (tertiary alicyclic amines) is 1. The summed E-state index contributed by atoms with van der Waals surface area (Å²) in [5.74, 6) is 1.33. The smallest absolute Gasteiger partial charge is 0.222 e. The molecule has 6 nitrogen and oxygen atoms in total. The Labute approximate surface area is 177 Å². The fourth-order valence-electron chi connectivity index (χ4n) is 3.91. The van der Waals surface area contributed by atoms with E-state index in [0.29, 0.717) is 6.42 Å². The third kappa shape index (κ3) is 4.82. The minimum Gasteiger partial charge on any atom is -0.497 e. The molecular formula is C24H26N4O2. The number of nitrogens with zero attached hydrogens (tertiary/aromatic N) is 4. The number of aromatic nitrogens is 3. The third-order valence-corrected chi connectivity index (χ3v) is 5.66. The molecule has 1 fully saturated rings. The van der Waals surface area contributed by atoms with Crippen molar-refractivity contribution in [3.63, 3.8) is 0 Å². The van der Waals surface area contributed by atoms with E-state index in [2.05, 4.69) is 27.1 Å². The molecule has 0 aliphatic carbocycles. The van der Waals surface area contributed by atoms with Crippen molar-refractivity contribution in [1.82, 2.24) is 19.9 Å². The molecule has 2 aromatic heterocycles. The summed E-state index contributed by atoms with van der Waals surface area (Å²) in [7, 11) is 1.66. The molecule has 1 aliphatic heterocycles. The van der Waals surface area contributed by atoms with Crippen LogP contribution in [-0.2, 0) is 11.2 Å². The topological polar surface area (TPSA) is 68.2 Å². The molecular weight excluding hydrogens is 376 g/mol. The maximum atomic E-state index is 12.8. The van der Waals surface area contributed by atoms with Gasteiger partial charge in [-0.15, -0.1) is 0 Å². The molecule has 3 aromatic rings. The predicted molar refractivity (Wildman–Crippen MR) is 115 cm³/mol. The molecule has 0 saturated carbocycles. The number of carbonyl (C=O) groups is 1. The molecule has 30 heavy (non-hydrogen) atoms. The van der Waals surface area contributed by atoms with E-state index in [1.165, 1.54) is 6.33 Å². The minimum atomic E-state index is 0.216. The summed E-state index contributed by atoms with van der Waals surface area (Å²) >= 11 is 0. The van der Waals surface area contributed by atoms with Gasteiger partial charge in [-0.2, -0.15) is 0 Å². The van der Waals surface area contributed by atoms with Crippen molar-refractivity contribution in [3.05, 3.63) is 72.6 Å². The lowest BCUT2D eigenvalue weighted by atomic mass is 9.93. The highest BCUT2D eigenvalue weighted by Crippen LogP contribution is 2.27. The Bertz CT molecular complexity index is 959. The van der Waals surface area contributed by atoms with E-state index in [4.69, 9.17) is 4.74 Å². The van der Waals surface area contributed by atoms with Crippen molar-refractivity contribution in [2.24, 2.45) is 0 Å². The van der Waals surface area contributed by atoms with E-state index >= 15 is 0 Å². The van der Waals surface area contributed by atoms with Crippen LogP contribution in [0.5, 0.6) is 5.75 Å². The number of benzene rings is 1. The van der Waals surface area contributed by atoms with Crippen molar-refractivity contribution < 1.29 is 9.53 Å². The summed E-state index contributed by atoms with van der Waals surface area (Å²) < 4.78 is 5.19. The number of amides is 1. The Morgan fingerprint density at radius 1 is 1.07 bits per heavy atom. The van der Waals surface area contributed by atoms with Crippen LogP contribution >= 0.6 is 0 Å². The van der Waals surface area contributed by atoms with Gasteiger partial charge in [-0.25, -0.2) is 9.97 Å². The van der Waals surface area contributed by atoms with Gasteiger partial charge in [0.2, 0.25) is 5.91 Å². The lowest BCUT2D eigenvalue weighted by molar-refractivity contribution is -0.132. The number of pyridine rings is 1. The van der Waals surface area contributed by atoms with Crippen LogP contribution in [0.25, 0.3) is 11.1 Å². The summed E-state index contributed by atoms with van der Waals surface area (Å²) in [6, 6.07) is 12.0. The standard InChI is InChI=1S/C24H26N4O2/c1-30-22-8-4-18(5-9-22)6-11-24(29)28-12-2-3-20(16-28)23-10-7-19(15-27-23)21-13-25-17-26-14-21/h4-5,7-10,13-15,17,20H,2-3,6,11-12,16H2,1H3/t20-/m0/s1. The Morgan fingerprint density at radius 2 is 1.87 bits per heavy atom. The normalized spacial score (nSPS) is 16.3. The highest BCUT2D eigenvalue weighted by molar-refractivity contribution is 5.76. The average Bonchev–Trinajstić information content (AvgIpc) is 2.83. The first-order valence-corrected chi connectivity index (χ1v) is 10.3. The third-order valence-electron chi connectivity index (χ3n) is 5.66. The van der Waals surface area contributed by atoms with Crippen LogP contribution < -0.4 is 4.74 Å². The number of carbonyl (C=O) groups excluding carboxylic acids is 1. The Hall–Kier alpha value is -3.28. The van der Waals surface area contributed by atoms with Gasteiger partial charge in [-0.1, -0.05) is 18.2 Å². The van der Waals surface area contributed by atoms with Gasteiger partial charge in [0.05, 0.1) is 7.11 Å². The van der Waals surface area contributed by atoms with Gasteiger partial charge in [0, 0.05) is 60.8 Å². The molecule has 0 N–H and O–H groups in total. The van der Waals surface area contributed by atoms with E-state index < -0.39 is 0 Å². The molecule has 1 amide bonds. The maximum absolute atomic E-state index is 12.8. The second-order valence-electron chi connectivity index (χ2n) is 7.63. The summed E-state index contributed by atoms with van der Waals surface area (Å²) in [6.45, 7) is 1.57. The van der Waals surface area contributed by atoms with E-state index in [-0.39, 0.29) is 11.8 Å². The predicted octanol–water partition coefficient (Wildman–Crippen LogP) is 3.89. The van der Waals surface area contributed by atoms with Crippen LogP contribution in [0.3, 0.4) is 0 Å². The molecule has 0 unspecified atom stereocenters. The lowest BCUT2D eigenvalue weighted by Gasteiger charge is -2.32. The number of piperidine rings is 1. The number of aryl methyl sites for hydroxylation is 1. The fourth-order valence-corrected chi connectivity index (χ4v) is 3.91. The number of rotatable bonds is 6. The van der Waals surface area contributed by atoms with Gasteiger partial charge in [0.1, 0.15) is 12.1 Å². The van der Waals surface area contributed by atoms with Crippen molar-refractivity contribution in [2.45, 2.75) is 31.6 Å². The summed E-state index contributed by atoms with van der Waals surface area (Å²) in [5.41, 5.74) is 4.15. The van der Waals surface area contributed by atoms with Crippen LogP contribution in [0.4, 0.5) is 0 Å². The summed E-state index contributed by atoms with van der Waals surface area (Å²) in [6.07, 6.45) is 10.3. The number of methoxy groups -OCH3 is 1. The molecule has 154 valence electrons. The Morgan fingerprint density at radius 3 is 2.57 bits per heavy atom. The minimum absolute atomic E-state index is 0.216. The first-order valence-electron chi connectivity index (χ1n) is 10.3. The Balaban J connectivity index is 1.34. The molecule has 4 rings (SSSR count). The first-order chi connectivity index (χ1) is 14.7. The fraction of sp³-hybridized carbons (Fsp3) is 0.333. The highest BCUT2D eigenvalue weighted by atomic mass is 16.5. The number of ether oxygens (including phenoxy) is 1. The SMILES string of the molecule is COc1ccc(CCC(=O)N2CCC[C@H](c3ccc(-c4cncnc4)cn3)C2)cc1. The van der Waals surface area contributed by atoms with Crippen molar-refractivity contribution in [2.75, 3.05) is 20.2 Å². The molecule has 1 aromatic carbocycles. The highest BCUT2D eigenvalue weighted by Gasteiger charge is 2.25. The number of hydrogen-bond donors (Lipinski definition) is 0. The molecule has 0 radical (unpaired) electrons. The molecule has 1 aliphatic rings. The zero-order valence-electron chi connectivity index (χ0n) is 17.2. The van der Waals surface area contributed by atoms with Crippen molar-refractivity contribution in [1.29, 1.82) is 0 Å². The lowest BCUT2D eigenvalue weighted by Crippen LogP contribution is -2.39. The van der Waals surface area contributed by atoms with Gasteiger partial charge in [0.25, 0.3) is 0 Å². The van der Waals surface area contributed by atoms with Crippen LogP contribution in [0.2, 0.25) is 0 Å². The monoisotopic (exact) mass is 402 g/mol. The zero-order valence-corrected chi connectivity index (χ0v) is 17.2. The summed E-state index contributed by atoms with van der Waals surface area (Å²) in [4.78, 5) is 27.6. The van der Waals surface area contributed by atoms with Crippen LogP contribution in [-0.4, -0.2) is 46.0 Å². The average molecular weight is 402 g/mol. The summed E-state index contributed by atoms with van der Waals surface area (Å²) in [5, 5.41) is 0. The van der Waals surface area contributed by atoms with E-state index in [0.717, 1.165) is 60.5 Å². The van der Waals surface area contributed by atoms with Crippen molar-refractivity contribution >= 4 is 5.91 Å². The first kappa shape index (κ1) is 20.0. The Kier molecular flexibility index (Phi) is 6.32. The largest absolute Gasteiger partial charge is 0.497 e. The van der Waals surface area contributed by atoms with Crippen molar-refractivity contribution in [3.8, 4) is 16.9 Å². The second kappa shape index (κ2) is 9.48. The van der Waals surface area contributed by atoms with Gasteiger partial charge in [0.15, 0.2) is 0 Å². The number of hydrogen-bond acceptors (Lipinski definition) is 5. The zero-order chi connectivity index (χ0) is 20.8. The molecule has 3 heterocycles. The second-order valence-corrected chi connectivity index (χ2v) is 7.63. The molecule has 0 spiro atoms. The van der Waals surface area contributed by atoms with Gasteiger partial charge >= 0.3 is 0 Å². The maximum Gasteiger partial charge on any atom is 0.222 e. The van der Waals surface area contributed by atoms with Crippen LogP contribution in [0.1, 0.15) is 36.4 Å². The molecule has 1 atom stereocenters. The molecule has 6 heteroatoms. The van der Waals surface area contributed by atoms with E-state index in [9.17, 15) is 4.79 Å². The van der Waals surface area contributed by atoms with Gasteiger partial charge in [-0.3, -0.25) is 9.78 Å². The van der Waals surface area contributed by atoms with Crippen LogP contribution in [0.15, 0.2) is 61.3 Å². The quantitative estimate of drug-likeness (QED) is 0.626. The van der Waals surface area contributed by atoms with Crippen LogP contribution in [0, 0.1) is 0 Å². The van der Waals surface area contributed by atoms with Gasteiger partial charge < -0.3 is 9.64 Å².